The molecule has 2 saturated heterocycles. The summed E-state index contributed by atoms with van der Waals surface area (Å²) in [6.07, 6.45) is -3.56. The minimum atomic E-state index is -5.10. The van der Waals surface area contributed by atoms with Crippen LogP contribution in [0.3, 0.4) is 0 Å². The Morgan fingerprint density at radius 3 is 2.31 bits per heavy atom. The van der Waals surface area contributed by atoms with Crippen LogP contribution in [-0.4, -0.2) is 78.6 Å². The summed E-state index contributed by atoms with van der Waals surface area (Å²) in [5.41, 5.74) is -6.24. The molecule has 39 heavy (non-hydrogen) atoms. The molecule has 0 saturated carbocycles. The molecule has 0 radical (unpaired) electrons. The van der Waals surface area contributed by atoms with Crippen LogP contribution >= 0.6 is 0 Å². The fraction of sp³-hybridized carbons (Fsp3) is 0.565. The van der Waals surface area contributed by atoms with Crippen molar-refractivity contribution < 1.29 is 39.4 Å². The molecule has 0 aliphatic carbocycles. The molecule has 0 aromatic heterocycles. The van der Waals surface area contributed by atoms with Crippen LogP contribution in [0.25, 0.3) is 0 Å². The third kappa shape index (κ3) is 5.70. The molecule has 1 aromatic carbocycles. The van der Waals surface area contributed by atoms with E-state index in [0.717, 1.165) is 12.1 Å². The first-order valence-corrected chi connectivity index (χ1v) is 15.0. The second kappa shape index (κ2) is 10.8. The van der Waals surface area contributed by atoms with Crippen LogP contribution < -0.4 is 10.2 Å². The van der Waals surface area contributed by atoms with Crippen molar-refractivity contribution in [1.29, 1.82) is 5.26 Å². The number of carbonyl (C=O) groups excluding carboxylic acids is 1. The first-order chi connectivity index (χ1) is 17.9. The molecular formula is C23H30F3N5O6S2. The van der Waals surface area contributed by atoms with E-state index in [-0.39, 0.29) is 25.9 Å². The molecule has 2 N–H and O–H groups in total. The maximum atomic E-state index is 13.6. The van der Waals surface area contributed by atoms with Crippen molar-refractivity contribution in [1.82, 2.24) is 14.5 Å². The molecule has 2 aliphatic rings. The van der Waals surface area contributed by atoms with Gasteiger partial charge in [0.2, 0.25) is 21.4 Å². The number of likely N-dealkylation sites (N-methyl/N-ethyl adjacent to an activating group) is 1. The zero-order valence-electron chi connectivity index (χ0n) is 21.5. The van der Waals surface area contributed by atoms with Gasteiger partial charge in [-0.2, -0.15) is 26.9 Å². The lowest BCUT2D eigenvalue weighted by atomic mass is 9.97. The van der Waals surface area contributed by atoms with Crippen LogP contribution in [0.4, 0.5) is 18.9 Å². The Kier molecular flexibility index (Phi) is 8.57. The number of hydrogen-bond donors (Lipinski definition) is 2. The molecule has 1 amide bonds. The fourth-order valence-corrected chi connectivity index (χ4v) is 7.99. The van der Waals surface area contributed by atoms with E-state index < -0.39 is 71.5 Å². The van der Waals surface area contributed by atoms with Crippen LogP contribution in [0.1, 0.15) is 44.7 Å². The van der Waals surface area contributed by atoms with E-state index in [0.29, 0.717) is 17.5 Å². The summed E-state index contributed by atoms with van der Waals surface area (Å²) in [7, 11) is -8.94. The zero-order valence-corrected chi connectivity index (χ0v) is 23.1. The van der Waals surface area contributed by atoms with E-state index in [9.17, 15) is 39.4 Å². The Morgan fingerprint density at radius 2 is 1.85 bits per heavy atom. The third-order valence-electron chi connectivity index (χ3n) is 6.94. The molecule has 2 heterocycles. The number of hydrogen-bond acceptors (Lipinski definition) is 8. The van der Waals surface area contributed by atoms with Crippen LogP contribution in [0.15, 0.2) is 30.9 Å². The van der Waals surface area contributed by atoms with Gasteiger partial charge in [-0.15, -0.1) is 6.58 Å². The number of amides is 1. The van der Waals surface area contributed by atoms with Gasteiger partial charge in [-0.1, -0.05) is 13.0 Å². The number of nitrogens with one attached hydrogen (secondary N) is 1. The van der Waals surface area contributed by atoms with Crippen molar-refractivity contribution in [3.8, 4) is 6.07 Å². The van der Waals surface area contributed by atoms with E-state index in [1.165, 1.54) is 35.2 Å². The number of anilines is 1. The monoisotopic (exact) mass is 593 g/mol. The highest BCUT2D eigenvalue weighted by atomic mass is 32.2. The largest absolute Gasteiger partial charge is 0.417 e. The summed E-state index contributed by atoms with van der Waals surface area (Å²) in [5, 5.41) is 10.9. The Morgan fingerprint density at radius 1 is 1.26 bits per heavy atom. The third-order valence-corrected chi connectivity index (χ3v) is 9.99. The lowest BCUT2D eigenvalue weighted by Crippen LogP contribution is -2.58. The van der Waals surface area contributed by atoms with Gasteiger partial charge in [0.25, 0.3) is 0 Å². The van der Waals surface area contributed by atoms with Crippen LogP contribution in [0.5, 0.6) is 0 Å². The average Bonchev–Trinajstić information content (AvgIpc) is 3.07. The van der Waals surface area contributed by atoms with Gasteiger partial charge in [-0.25, -0.2) is 12.7 Å². The first kappa shape index (κ1) is 31.0. The molecule has 1 aromatic rings. The smallest absolute Gasteiger partial charge is 0.297 e. The fourth-order valence-electron chi connectivity index (χ4n) is 5.13. The highest BCUT2D eigenvalue weighted by Gasteiger charge is 2.59. The topological polar surface area (TPSA) is 151 Å². The summed E-state index contributed by atoms with van der Waals surface area (Å²) in [6.45, 7) is 8.35. The Balaban J connectivity index is 2.02. The van der Waals surface area contributed by atoms with Gasteiger partial charge in [-0.3, -0.25) is 24.5 Å². The summed E-state index contributed by atoms with van der Waals surface area (Å²) >= 11 is 0. The minimum Gasteiger partial charge on any atom is -0.297 e. The molecule has 3 rings (SSSR count). The summed E-state index contributed by atoms with van der Waals surface area (Å²) in [4.78, 5) is 15.3. The van der Waals surface area contributed by atoms with Crippen molar-refractivity contribution >= 4 is 31.7 Å². The summed E-state index contributed by atoms with van der Waals surface area (Å²) in [5.74, 6) is -0.892. The molecular weight excluding hydrogens is 563 g/mol. The highest BCUT2D eigenvalue weighted by molar-refractivity contribution is 7.89. The van der Waals surface area contributed by atoms with Gasteiger partial charge in [0.05, 0.1) is 22.7 Å². The second-order valence-electron chi connectivity index (χ2n) is 9.71. The number of alkyl halides is 3. The number of benzene rings is 1. The van der Waals surface area contributed by atoms with Gasteiger partial charge in [0.15, 0.2) is 0 Å². The molecule has 2 fully saturated rings. The Bertz CT molecular complexity index is 1380. The number of sulfonamides is 1. The number of carbonyl (C=O) groups is 1. The normalized spacial score (nSPS) is 22.6. The average molecular weight is 594 g/mol. The number of halogens is 3. The molecule has 2 atom stereocenters. The SMILES string of the molecule is C=CC(NCC)S(=O)(=O)N1CCC(N2C(S(=O)(=O)O)N(c3ccc(C#N)c(C(F)(F)F)c3)C(=O)C2(C)C)CC1. The van der Waals surface area contributed by atoms with E-state index in [4.69, 9.17) is 5.26 Å². The quantitative estimate of drug-likeness (QED) is 0.341. The van der Waals surface area contributed by atoms with Gasteiger partial charge in [0, 0.05) is 24.8 Å². The van der Waals surface area contributed by atoms with Crippen molar-refractivity contribution in [3.63, 3.8) is 0 Å². The van der Waals surface area contributed by atoms with Crippen molar-refractivity contribution in [3.05, 3.63) is 42.0 Å². The maximum absolute atomic E-state index is 13.6. The van der Waals surface area contributed by atoms with Crippen molar-refractivity contribution in [2.75, 3.05) is 24.5 Å². The number of piperidine rings is 1. The van der Waals surface area contributed by atoms with Gasteiger partial charge < -0.3 is 0 Å². The molecule has 2 aliphatic heterocycles. The highest BCUT2D eigenvalue weighted by Crippen LogP contribution is 2.42. The minimum absolute atomic E-state index is 0.0310. The molecule has 11 nitrogen and oxygen atoms in total. The lowest BCUT2D eigenvalue weighted by molar-refractivity contribution is -0.137. The number of nitriles is 1. The van der Waals surface area contributed by atoms with E-state index >= 15 is 0 Å². The predicted octanol–water partition coefficient (Wildman–Crippen LogP) is 2.09. The molecule has 2 unspecified atom stereocenters. The number of rotatable bonds is 8. The number of nitrogens with zero attached hydrogens (tertiary/aromatic N) is 4. The van der Waals surface area contributed by atoms with Gasteiger partial charge in [0.1, 0.15) is 5.37 Å². The van der Waals surface area contributed by atoms with Crippen molar-refractivity contribution in [2.24, 2.45) is 0 Å². The predicted molar refractivity (Wildman–Crippen MR) is 136 cm³/mol. The maximum Gasteiger partial charge on any atom is 0.417 e. The van der Waals surface area contributed by atoms with E-state index in [1.807, 2.05) is 0 Å². The standard InChI is InChI=1S/C23H30F3N5O6S2/c1-5-19(28-6-2)38(33,34)29-11-9-16(10-12-29)31-21(39(35,36)37)30(20(32)22(31,3)4)17-8-7-15(14-27)18(13-17)23(24,25)26/h5,7-8,13,16,19,21,28H,1,6,9-12H2,2-4H3,(H,35,36,37). The molecule has 0 spiro atoms. The first-order valence-electron chi connectivity index (χ1n) is 12.0. The van der Waals surface area contributed by atoms with Crippen LogP contribution in [0.2, 0.25) is 0 Å². The van der Waals surface area contributed by atoms with Crippen LogP contribution in [0, 0.1) is 11.3 Å². The van der Waals surface area contributed by atoms with Crippen LogP contribution in [-0.2, 0) is 31.1 Å². The summed E-state index contributed by atoms with van der Waals surface area (Å²) < 4.78 is 104. The van der Waals surface area contributed by atoms with Crippen molar-refractivity contribution in [2.45, 2.75) is 62.2 Å². The second-order valence-corrected chi connectivity index (χ2v) is 13.2. The molecule has 16 heteroatoms. The molecule has 216 valence electrons. The van der Waals surface area contributed by atoms with Gasteiger partial charge >= 0.3 is 16.3 Å². The lowest BCUT2D eigenvalue weighted by Gasteiger charge is -2.42. The Labute approximate surface area is 225 Å². The van der Waals surface area contributed by atoms with E-state index in [1.54, 1.807) is 6.92 Å². The molecule has 0 bridgehead atoms. The van der Waals surface area contributed by atoms with E-state index in [2.05, 4.69) is 11.9 Å². The van der Waals surface area contributed by atoms with Gasteiger partial charge in [-0.05, 0) is 51.4 Å². The Hall–Kier alpha value is -2.55. The zero-order chi connectivity index (χ0) is 29.6. The summed E-state index contributed by atoms with van der Waals surface area (Å²) in [6, 6.07) is 3.03.